The van der Waals surface area contributed by atoms with Gasteiger partial charge in [0.25, 0.3) is 5.91 Å². The molecule has 0 N–H and O–H groups in total. The molecular weight excluding hydrogens is 254 g/mol. The zero-order valence-electron chi connectivity index (χ0n) is 9.29. The van der Waals surface area contributed by atoms with Crippen LogP contribution in [0.4, 0.5) is 0 Å². The van der Waals surface area contributed by atoms with Gasteiger partial charge in [0, 0.05) is 17.0 Å². The third-order valence-electron chi connectivity index (χ3n) is 2.68. The average Bonchev–Trinajstić information content (AvgIpc) is 2.96. The second-order valence-electron chi connectivity index (χ2n) is 3.99. The summed E-state index contributed by atoms with van der Waals surface area (Å²) in [6, 6.07) is 4.37. The molecule has 4 nitrogen and oxygen atoms in total. The van der Waals surface area contributed by atoms with Crippen LogP contribution in [-0.4, -0.2) is 27.5 Å². The van der Waals surface area contributed by atoms with Gasteiger partial charge in [0.15, 0.2) is 5.17 Å². The Balaban J connectivity index is 1.91. The first kappa shape index (κ1) is 11.0. The van der Waals surface area contributed by atoms with Crippen LogP contribution in [0.2, 0.25) is 0 Å². The summed E-state index contributed by atoms with van der Waals surface area (Å²) in [4.78, 5) is 16.5. The summed E-state index contributed by atoms with van der Waals surface area (Å²) in [7, 11) is 0. The van der Waals surface area contributed by atoms with E-state index < -0.39 is 0 Å². The Morgan fingerprint density at radius 1 is 1.53 bits per heavy atom. The van der Waals surface area contributed by atoms with Crippen molar-refractivity contribution in [2.24, 2.45) is 10.1 Å². The lowest BCUT2D eigenvalue weighted by atomic mass is 10.1. The lowest BCUT2D eigenvalue weighted by molar-refractivity contribution is -0.115. The molecule has 0 bridgehead atoms. The number of carbonyl (C=O) groups excluding carboxylic acids is 1. The van der Waals surface area contributed by atoms with Crippen LogP contribution in [0.1, 0.15) is 24.3 Å². The van der Waals surface area contributed by atoms with Crippen molar-refractivity contribution in [2.75, 3.05) is 5.75 Å². The van der Waals surface area contributed by atoms with Gasteiger partial charge in [-0.15, -0.1) is 11.3 Å². The zero-order valence-corrected chi connectivity index (χ0v) is 10.9. The van der Waals surface area contributed by atoms with Crippen LogP contribution in [-0.2, 0) is 4.79 Å². The molecule has 1 aromatic heterocycles. The van der Waals surface area contributed by atoms with Crippen molar-refractivity contribution in [3.63, 3.8) is 0 Å². The number of hydrogen-bond donors (Lipinski definition) is 0. The molecule has 1 atom stereocenters. The fraction of sp³-hybridized carbons (Fsp3) is 0.364. The zero-order chi connectivity index (χ0) is 11.8. The fourth-order valence-corrected chi connectivity index (χ4v) is 3.55. The van der Waals surface area contributed by atoms with Gasteiger partial charge in [-0.1, -0.05) is 17.8 Å². The average molecular weight is 265 g/mol. The first-order chi connectivity index (χ1) is 8.24. The molecule has 1 aromatic rings. The van der Waals surface area contributed by atoms with Crippen LogP contribution in [0.25, 0.3) is 0 Å². The summed E-state index contributed by atoms with van der Waals surface area (Å²) in [6.07, 6.45) is 0.911. The Labute approximate surface area is 107 Å². The van der Waals surface area contributed by atoms with Crippen LogP contribution >= 0.6 is 23.1 Å². The van der Waals surface area contributed by atoms with E-state index in [1.807, 2.05) is 18.0 Å². The number of thioether (sulfide) groups is 1. The normalized spacial score (nSPS) is 24.2. The van der Waals surface area contributed by atoms with Gasteiger partial charge in [-0.2, -0.15) is 10.1 Å². The van der Waals surface area contributed by atoms with Crippen LogP contribution in [0.5, 0.6) is 0 Å². The summed E-state index contributed by atoms with van der Waals surface area (Å²) >= 11 is 3.20. The number of aliphatic imine (C=N–C) groups is 1. The number of rotatable bonds is 1. The molecule has 0 saturated carbocycles. The van der Waals surface area contributed by atoms with E-state index in [1.54, 1.807) is 11.3 Å². The Hall–Kier alpha value is -1.14. The van der Waals surface area contributed by atoms with Crippen LogP contribution < -0.4 is 0 Å². The molecule has 0 aliphatic carbocycles. The van der Waals surface area contributed by atoms with Crippen molar-refractivity contribution >= 4 is 39.9 Å². The number of amides is 1. The van der Waals surface area contributed by atoms with Crippen LogP contribution in [0.15, 0.2) is 27.6 Å². The Morgan fingerprint density at radius 2 is 2.41 bits per heavy atom. The van der Waals surface area contributed by atoms with Crippen molar-refractivity contribution in [3.8, 4) is 0 Å². The molecular formula is C11H11N3OS2. The van der Waals surface area contributed by atoms with Crippen molar-refractivity contribution in [3.05, 3.63) is 22.4 Å². The summed E-state index contributed by atoms with van der Waals surface area (Å²) in [5.41, 5.74) is 1.09. The van der Waals surface area contributed by atoms with Gasteiger partial charge in [-0.25, -0.2) is 5.01 Å². The van der Waals surface area contributed by atoms with Crippen molar-refractivity contribution in [1.82, 2.24) is 5.01 Å². The molecule has 0 fully saturated rings. The van der Waals surface area contributed by atoms with Gasteiger partial charge >= 0.3 is 0 Å². The highest BCUT2D eigenvalue weighted by Gasteiger charge is 2.33. The predicted octanol–water partition coefficient (Wildman–Crippen LogP) is 2.50. The molecule has 17 heavy (non-hydrogen) atoms. The third kappa shape index (κ3) is 2.02. The molecule has 88 valence electrons. The molecule has 1 unspecified atom stereocenters. The third-order valence-corrected chi connectivity index (χ3v) is 4.58. The molecule has 0 radical (unpaired) electrons. The molecule has 0 aromatic carbocycles. The molecule has 3 rings (SSSR count). The second kappa shape index (κ2) is 4.27. The highest BCUT2D eigenvalue weighted by atomic mass is 32.2. The first-order valence-electron chi connectivity index (χ1n) is 5.35. The van der Waals surface area contributed by atoms with E-state index in [9.17, 15) is 4.79 Å². The van der Waals surface area contributed by atoms with Gasteiger partial charge in [0.1, 0.15) is 0 Å². The van der Waals surface area contributed by atoms with E-state index in [4.69, 9.17) is 0 Å². The van der Waals surface area contributed by atoms with Crippen molar-refractivity contribution in [2.45, 2.75) is 19.4 Å². The monoisotopic (exact) mass is 265 g/mol. The summed E-state index contributed by atoms with van der Waals surface area (Å²) in [6.45, 7) is 2.02. The molecule has 6 heteroatoms. The van der Waals surface area contributed by atoms with Crippen LogP contribution in [0, 0.1) is 0 Å². The molecule has 2 aliphatic rings. The Kier molecular flexibility index (Phi) is 2.76. The number of hydrazone groups is 1. The standard InChI is InChI=1S/C11H11N3OS2/c1-7-5-8(9-3-2-4-16-9)14(13-7)11-12-10(15)6-17-11/h2-4,8H,5-6H2,1H3. The lowest BCUT2D eigenvalue weighted by Crippen LogP contribution is -2.23. The SMILES string of the molecule is CC1=NN(C2=NC(=O)CS2)C(c2cccs2)C1. The number of carbonyl (C=O) groups is 1. The fourth-order valence-electron chi connectivity index (χ4n) is 1.95. The topological polar surface area (TPSA) is 45.0 Å². The minimum Gasteiger partial charge on any atom is -0.272 e. The maximum Gasteiger partial charge on any atom is 0.258 e. The first-order valence-corrected chi connectivity index (χ1v) is 7.21. The van der Waals surface area contributed by atoms with E-state index in [0.29, 0.717) is 5.75 Å². The van der Waals surface area contributed by atoms with Crippen molar-refractivity contribution in [1.29, 1.82) is 0 Å². The molecule has 0 spiro atoms. The van der Waals surface area contributed by atoms with E-state index in [1.165, 1.54) is 16.6 Å². The van der Waals surface area contributed by atoms with Gasteiger partial charge in [0.2, 0.25) is 0 Å². The molecule has 0 saturated heterocycles. The highest BCUT2D eigenvalue weighted by Crippen LogP contribution is 2.36. The van der Waals surface area contributed by atoms with E-state index >= 15 is 0 Å². The number of hydrogen-bond acceptors (Lipinski definition) is 5. The molecule has 2 aliphatic heterocycles. The maximum atomic E-state index is 11.2. The summed E-state index contributed by atoms with van der Waals surface area (Å²) in [5, 5.41) is 9.20. The van der Waals surface area contributed by atoms with Crippen LogP contribution in [0.3, 0.4) is 0 Å². The molecule has 3 heterocycles. The maximum absolute atomic E-state index is 11.2. The Morgan fingerprint density at radius 3 is 3.06 bits per heavy atom. The van der Waals surface area contributed by atoms with E-state index in [-0.39, 0.29) is 11.9 Å². The predicted molar refractivity (Wildman–Crippen MR) is 71.5 cm³/mol. The minimum absolute atomic E-state index is 0.0605. The lowest BCUT2D eigenvalue weighted by Gasteiger charge is -2.21. The summed E-state index contributed by atoms with van der Waals surface area (Å²) in [5.74, 6) is 0.382. The summed E-state index contributed by atoms with van der Waals surface area (Å²) < 4.78 is 0. The number of nitrogens with zero attached hydrogens (tertiary/aromatic N) is 3. The van der Waals surface area contributed by atoms with Gasteiger partial charge in [-0.05, 0) is 18.4 Å². The number of thiophene rings is 1. The largest absolute Gasteiger partial charge is 0.272 e. The van der Waals surface area contributed by atoms with Gasteiger partial charge < -0.3 is 0 Å². The number of amidine groups is 1. The van der Waals surface area contributed by atoms with Gasteiger partial charge in [0.05, 0.1) is 11.8 Å². The van der Waals surface area contributed by atoms with E-state index in [2.05, 4.69) is 21.5 Å². The van der Waals surface area contributed by atoms with Crippen molar-refractivity contribution < 1.29 is 4.79 Å². The quantitative estimate of drug-likeness (QED) is 0.783. The smallest absolute Gasteiger partial charge is 0.258 e. The second-order valence-corrected chi connectivity index (χ2v) is 5.91. The highest BCUT2D eigenvalue weighted by molar-refractivity contribution is 8.14. The van der Waals surface area contributed by atoms with E-state index in [0.717, 1.165) is 17.3 Å². The Bertz CT molecular complexity index is 507. The van der Waals surface area contributed by atoms with Gasteiger partial charge in [-0.3, -0.25) is 4.79 Å². The molecule has 1 amide bonds. The minimum atomic E-state index is -0.0605.